The number of carboxylic acids is 1. The third-order valence-corrected chi connectivity index (χ3v) is 3.08. The lowest BCUT2D eigenvalue weighted by atomic mass is 9.88. The zero-order valence-electron chi connectivity index (χ0n) is 11.4. The molecular formula is C15H21NO3. The molecule has 0 heterocycles. The van der Waals surface area contributed by atoms with E-state index in [1.165, 1.54) is 0 Å². The van der Waals surface area contributed by atoms with E-state index in [0.717, 1.165) is 5.56 Å². The second-order valence-electron chi connectivity index (χ2n) is 4.97. The summed E-state index contributed by atoms with van der Waals surface area (Å²) in [6.45, 7) is 4.20. The Morgan fingerprint density at radius 1 is 1.21 bits per heavy atom. The molecule has 2 N–H and O–H groups in total. The van der Waals surface area contributed by atoms with Crippen LogP contribution in [0.2, 0.25) is 0 Å². The molecule has 1 amide bonds. The van der Waals surface area contributed by atoms with Gasteiger partial charge in [-0.15, -0.1) is 0 Å². The van der Waals surface area contributed by atoms with Gasteiger partial charge in [-0.1, -0.05) is 44.2 Å². The van der Waals surface area contributed by atoms with E-state index in [1.54, 1.807) is 0 Å². The maximum Gasteiger partial charge on any atom is 0.305 e. The maximum atomic E-state index is 12.1. The van der Waals surface area contributed by atoms with Crippen LogP contribution in [0.5, 0.6) is 0 Å². The van der Waals surface area contributed by atoms with Gasteiger partial charge in [0.15, 0.2) is 0 Å². The molecule has 0 unspecified atom stereocenters. The minimum atomic E-state index is -0.899. The van der Waals surface area contributed by atoms with Crippen molar-refractivity contribution < 1.29 is 14.7 Å². The van der Waals surface area contributed by atoms with E-state index in [-0.39, 0.29) is 30.7 Å². The molecule has 0 saturated heterocycles. The predicted molar refractivity (Wildman–Crippen MR) is 73.7 cm³/mol. The molecule has 0 radical (unpaired) electrons. The Hall–Kier alpha value is -1.84. The van der Waals surface area contributed by atoms with Crippen LogP contribution in [-0.2, 0) is 16.0 Å². The second-order valence-corrected chi connectivity index (χ2v) is 4.97. The normalized spacial score (nSPS) is 12.2. The third-order valence-electron chi connectivity index (χ3n) is 3.08. The number of carbonyl (C=O) groups is 2. The quantitative estimate of drug-likeness (QED) is 0.791. The van der Waals surface area contributed by atoms with Gasteiger partial charge in [-0.2, -0.15) is 0 Å². The Balaban J connectivity index is 2.57. The van der Waals surface area contributed by atoms with Gasteiger partial charge in [0.25, 0.3) is 0 Å². The summed E-state index contributed by atoms with van der Waals surface area (Å²) in [7, 11) is 0. The number of rotatable bonds is 7. The topological polar surface area (TPSA) is 66.4 Å². The summed E-state index contributed by atoms with van der Waals surface area (Å²) in [5.41, 5.74) is 1.12. The lowest BCUT2D eigenvalue weighted by molar-refractivity contribution is -0.137. The summed E-state index contributed by atoms with van der Waals surface area (Å²) < 4.78 is 0. The zero-order chi connectivity index (χ0) is 14.3. The van der Waals surface area contributed by atoms with Gasteiger partial charge in [-0.05, 0) is 17.9 Å². The molecule has 0 aliphatic carbocycles. The van der Waals surface area contributed by atoms with Crippen LogP contribution in [0.3, 0.4) is 0 Å². The molecule has 104 valence electrons. The van der Waals surface area contributed by atoms with Gasteiger partial charge in [0.1, 0.15) is 0 Å². The Morgan fingerprint density at radius 2 is 1.84 bits per heavy atom. The van der Waals surface area contributed by atoms with Crippen molar-refractivity contribution in [2.45, 2.75) is 26.7 Å². The van der Waals surface area contributed by atoms with E-state index < -0.39 is 5.97 Å². The van der Waals surface area contributed by atoms with E-state index in [0.29, 0.717) is 6.42 Å². The van der Waals surface area contributed by atoms with Crippen molar-refractivity contribution in [3.63, 3.8) is 0 Å². The molecule has 1 aromatic carbocycles. The number of aliphatic carboxylic acids is 1. The van der Waals surface area contributed by atoms with Crippen LogP contribution in [0.4, 0.5) is 0 Å². The molecule has 4 heteroatoms. The molecule has 0 aliphatic heterocycles. The van der Waals surface area contributed by atoms with Crippen LogP contribution in [0.25, 0.3) is 0 Å². The number of nitrogens with one attached hydrogen (secondary N) is 1. The van der Waals surface area contributed by atoms with E-state index in [1.807, 2.05) is 44.2 Å². The minimum absolute atomic E-state index is 0.0398. The van der Waals surface area contributed by atoms with E-state index in [4.69, 9.17) is 5.11 Å². The third kappa shape index (κ3) is 5.55. The summed E-state index contributed by atoms with van der Waals surface area (Å²) in [4.78, 5) is 22.5. The van der Waals surface area contributed by atoms with Gasteiger partial charge >= 0.3 is 5.97 Å². The minimum Gasteiger partial charge on any atom is -0.481 e. The molecule has 4 nitrogen and oxygen atoms in total. The highest BCUT2D eigenvalue weighted by atomic mass is 16.4. The van der Waals surface area contributed by atoms with E-state index in [9.17, 15) is 9.59 Å². The Kier molecular flexibility index (Phi) is 6.06. The van der Waals surface area contributed by atoms with Gasteiger partial charge < -0.3 is 10.4 Å². The zero-order valence-corrected chi connectivity index (χ0v) is 11.4. The molecule has 0 spiro atoms. The lowest BCUT2D eigenvalue weighted by Gasteiger charge is -2.20. The SMILES string of the molecule is CC(C)[C@@H](Cc1ccccc1)C(=O)NCCC(=O)O. The van der Waals surface area contributed by atoms with Crippen molar-refractivity contribution in [3.05, 3.63) is 35.9 Å². The average Bonchev–Trinajstić information content (AvgIpc) is 2.36. The highest BCUT2D eigenvalue weighted by Gasteiger charge is 2.22. The van der Waals surface area contributed by atoms with Crippen LogP contribution >= 0.6 is 0 Å². The Bertz CT molecular complexity index is 415. The molecule has 0 aliphatic rings. The summed E-state index contributed by atoms with van der Waals surface area (Å²) in [5, 5.41) is 11.3. The predicted octanol–water partition coefficient (Wildman–Crippen LogP) is 2.09. The van der Waals surface area contributed by atoms with Crippen LogP contribution in [0.1, 0.15) is 25.8 Å². The van der Waals surface area contributed by atoms with Gasteiger partial charge in [0.2, 0.25) is 5.91 Å². The molecule has 1 rings (SSSR count). The molecule has 0 bridgehead atoms. The smallest absolute Gasteiger partial charge is 0.305 e. The van der Waals surface area contributed by atoms with Crippen LogP contribution < -0.4 is 5.32 Å². The van der Waals surface area contributed by atoms with Gasteiger partial charge in [-0.25, -0.2) is 0 Å². The molecule has 0 fully saturated rings. The Morgan fingerprint density at radius 3 is 2.37 bits per heavy atom. The highest BCUT2D eigenvalue weighted by Crippen LogP contribution is 2.17. The first-order valence-corrected chi connectivity index (χ1v) is 6.54. The van der Waals surface area contributed by atoms with Gasteiger partial charge in [0.05, 0.1) is 6.42 Å². The van der Waals surface area contributed by atoms with Crippen molar-refractivity contribution in [2.24, 2.45) is 11.8 Å². The van der Waals surface area contributed by atoms with Crippen LogP contribution in [-0.4, -0.2) is 23.5 Å². The largest absolute Gasteiger partial charge is 0.481 e. The fourth-order valence-corrected chi connectivity index (χ4v) is 1.92. The van der Waals surface area contributed by atoms with Crippen molar-refractivity contribution in [1.29, 1.82) is 0 Å². The van der Waals surface area contributed by atoms with Crippen LogP contribution in [0.15, 0.2) is 30.3 Å². The van der Waals surface area contributed by atoms with Crippen LogP contribution in [0, 0.1) is 11.8 Å². The van der Waals surface area contributed by atoms with Crippen molar-refractivity contribution in [2.75, 3.05) is 6.54 Å². The summed E-state index contributed by atoms with van der Waals surface area (Å²) in [6, 6.07) is 9.85. The average molecular weight is 263 g/mol. The number of carbonyl (C=O) groups excluding carboxylic acids is 1. The number of benzene rings is 1. The first-order chi connectivity index (χ1) is 9.00. The van der Waals surface area contributed by atoms with Crippen molar-refractivity contribution >= 4 is 11.9 Å². The molecule has 1 atom stereocenters. The summed E-state index contributed by atoms with van der Waals surface area (Å²) in [6.07, 6.45) is 0.638. The monoisotopic (exact) mass is 263 g/mol. The number of carboxylic acid groups (broad SMARTS) is 1. The molecular weight excluding hydrogens is 242 g/mol. The number of amides is 1. The summed E-state index contributed by atoms with van der Waals surface area (Å²) >= 11 is 0. The standard InChI is InChI=1S/C15H21NO3/c1-11(2)13(10-12-6-4-3-5-7-12)15(19)16-9-8-14(17)18/h3-7,11,13H,8-10H2,1-2H3,(H,16,19)(H,17,18)/t13-/m1/s1. The van der Waals surface area contributed by atoms with Gasteiger partial charge in [0, 0.05) is 12.5 Å². The first kappa shape index (κ1) is 15.2. The highest BCUT2D eigenvalue weighted by molar-refractivity contribution is 5.79. The lowest BCUT2D eigenvalue weighted by Crippen LogP contribution is -2.36. The van der Waals surface area contributed by atoms with Crippen molar-refractivity contribution in [3.8, 4) is 0 Å². The fraction of sp³-hybridized carbons (Fsp3) is 0.467. The maximum absolute atomic E-state index is 12.1. The van der Waals surface area contributed by atoms with Gasteiger partial charge in [-0.3, -0.25) is 9.59 Å². The number of hydrogen-bond donors (Lipinski definition) is 2. The van der Waals surface area contributed by atoms with E-state index >= 15 is 0 Å². The van der Waals surface area contributed by atoms with E-state index in [2.05, 4.69) is 5.32 Å². The molecule has 0 saturated carbocycles. The first-order valence-electron chi connectivity index (χ1n) is 6.54. The number of hydrogen-bond acceptors (Lipinski definition) is 2. The molecule has 1 aromatic rings. The molecule has 19 heavy (non-hydrogen) atoms. The Labute approximate surface area is 113 Å². The summed E-state index contributed by atoms with van der Waals surface area (Å²) in [5.74, 6) is -0.884. The second kappa shape index (κ2) is 7.56. The van der Waals surface area contributed by atoms with Crippen molar-refractivity contribution in [1.82, 2.24) is 5.32 Å². The fourth-order valence-electron chi connectivity index (χ4n) is 1.92. The molecule has 0 aromatic heterocycles.